The number of nitrogens with zero attached hydrogens (tertiary/aromatic N) is 3. The average Bonchev–Trinajstić information content (AvgIpc) is 3.13. The van der Waals surface area contributed by atoms with Gasteiger partial charge in [0.15, 0.2) is 5.82 Å². The second kappa shape index (κ2) is 8.61. The molecule has 3 aromatic rings. The third-order valence-electron chi connectivity index (χ3n) is 4.63. The maximum atomic E-state index is 12.8. The van der Waals surface area contributed by atoms with Gasteiger partial charge in [-0.1, -0.05) is 49.4 Å². The van der Waals surface area contributed by atoms with Crippen molar-refractivity contribution in [3.05, 3.63) is 66.0 Å². The largest absolute Gasteiger partial charge is 0.488 e. The highest BCUT2D eigenvalue weighted by atomic mass is 16.5. The molecule has 0 aliphatic rings. The lowest BCUT2D eigenvalue weighted by Crippen LogP contribution is -2.30. The van der Waals surface area contributed by atoms with E-state index in [0.29, 0.717) is 17.4 Å². The van der Waals surface area contributed by atoms with E-state index < -0.39 is 5.92 Å². The Morgan fingerprint density at radius 1 is 1.14 bits per heavy atom. The Balaban J connectivity index is 1.66. The Morgan fingerprint density at radius 2 is 1.82 bits per heavy atom. The first kappa shape index (κ1) is 19.5. The number of aryl methyl sites for hydroxylation is 2. The third-order valence-corrected chi connectivity index (χ3v) is 4.63. The van der Waals surface area contributed by atoms with Crippen molar-refractivity contribution in [2.24, 2.45) is 5.92 Å². The number of hydrogen-bond acceptors (Lipinski definition) is 5. The zero-order valence-corrected chi connectivity index (χ0v) is 16.3. The molecule has 2 aromatic carbocycles. The summed E-state index contributed by atoms with van der Waals surface area (Å²) >= 11 is 0. The van der Waals surface area contributed by atoms with Gasteiger partial charge in [0.05, 0.1) is 11.6 Å². The zero-order chi connectivity index (χ0) is 20.1. The van der Waals surface area contributed by atoms with Gasteiger partial charge in [0.25, 0.3) is 5.91 Å². The van der Waals surface area contributed by atoms with Gasteiger partial charge in [-0.3, -0.25) is 4.79 Å². The molecule has 0 radical (unpaired) electrons. The summed E-state index contributed by atoms with van der Waals surface area (Å²) in [5, 5.41) is 12.6. The highest BCUT2D eigenvalue weighted by Gasteiger charge is 2.24. The van der Waals surface area contributed by atoms with Crippen LogP contribution in [-0.2, 0) is 6.42 Å². The summed E-state index contributed by atoms with van der Waals surface area (Å²) in [5.41, 5.74) is 2.27. The number of benzene rings is 2. The molecule has 0 saturated heterocycles. The molecule has 1 atom stereocenters. The predicted molar refractivity (Wildman–Crippen MR) is 109 cm³/mol. The molecule has 6 nitrogen and oxygen atoms in total. The number of rotatable bonds is 7. The summed E-state index contributed by atoms with van der Waals surface area (Å²) in [5.74, 6) is 0.739. The van der Waals surface area contributed by atoms with Gasteiger partial charge >= 0.3 is 0 Å². The lowest BCUT2D eigenvalue weighted by Gasteiger charge is -2.13. The van der Waals surface area contributed by atoms with Crippen LogP contribution >= 0.6 is 0 Å². The number of aromatic nitrogens is 3. The van der Waals surface area contributed by atoms with E-state index in [1.807, 2.05) is 54.6 Å². The van der Waals surface area contributed by atoms with Crippen LogP contribution in [-0.4, -0.2) is 33.0 Å². The Bertz CT molecular complexity index is 962. The van der Waals surface area contributed by atoms with E-state index in [4.69, 9.17) is 10.1 Å². The summed E-state index contributed by atoms with van der Waals surface area (Å²) in [6, 6.07) is 17.3. The molecule has 0 aliphatic carbocycles. The minimum Gasteiger partial charge on any atom is -0.488 e. The fraction of sp³-hybridized carbons (Fsp3) is 0.273. The summed E-state index contributed by atoms with van der Waals surface area (Å²) in [7, 11) is 0. The molecule has 0 amide bonds. The topological polar surface area (TPSA) is 80.9 Å². The standard InChI is InChI=1S/C22H24N4O2/c1-4-17-10-12-19(13-11-17)28-14-20(23)15(2)22(27)26-16(3)24-21(25-26)18-8-6-5-7-9-18/h5-13,15,23H,4,14H2,1-3H3. The number of hydrogen-bond donors (Lipinski definition) is 1. The van der Waals surface area contributed by atoms with E-state index in [9.17, 15) is 4.79 Å². The first-order valence-electron chi connectivity index (χ1n) is 9.32. The number of nitrogens with one attached hydrogen (secondary N) is 1. The maximum Gasteiger partial charge on any atom is 0.257 e. The van der Waals surface area contributed by atoms with Crippen molar-refractivity contribution in [1.82, 2.24) is 14.8 Å². The van der Waals surface area contributed by atoms with Crippen molar-refractivity contribution in [2.45, 2.75) is 27.2 Å². The molecule has 0 saturated carbocycles. The van der Waals surface area contributed by atoms with Gasteiger partial charge in [0, 0.05) is 5.56 Å². The molecule has 1 N–H and O–H groups in total. The van der Waals surface area contributed by atoms with Crippen LogP contribution in [0.25, 0.3) is 11.4 Å². The zero-order valence-electron chi connectivity index (χ0n) is 16.3. The van der Waals surface area contributed by atoms with E-state index in [2.05, 4.69) is 17.0 Å². The fourth-order valence-electron chi connectivity index (χ4n) is 2.75. The normalized spacial score (nSPS) is 11.8. The molecule has 0 spiro atoms. The molecule has 1 heterocycles. The summed E-state index contributed by atoms with van der Waals surface area (Å²) in [6.45, 7) is 5.57. The second-order valence-corrected chi connectivity index (χ2v) is 6.63. The molecule has 6 heteroatoms. The lowest BCUT2D eigenvalue weighted by molar-refractivity contribution is 0.0857. The number of ether oxygens (including phenoxy) is 1. The van der Waals surface area contributed by atoms with Gasteiger partial charge in [-0.2, -0.15) is 4.68 Å². The summed E-state index contributed by atoms with van der Waals surface area (Å²) in [4.78, 5) is 17.2. The fourth-order valence-corrected chi connectivity index (χ4v) is 2.75. The summed E-state index contributed by atoms with van der Waals surface area (Å²) in [6.07, 6.45) is 0.962. The van der Waals surface area contributed by atoms with Gasteiger partial charge in [-0.25, -0.2) is 4.98 Å². The molecule has 1 unspecified atom stereocenters. The van der Waals surface area contributed by atoms with Crippen LogP contribution in [0.4, 0.5) is 0 Å². The Morgan fingerprint density at radius 3 is 2.46 bits per heavy atom. The van der Waals surface area contributed by atoms with Gasteiger partial charge in [-0.15, -0.1) is 5.10 Å². The molecule has 144 valence electrons. The van der Waals surface area contributed by atoms with Crippen LogP contribution in [0.3, 0.4) is 0 Å². The Hall–Kier alpha value is -3.28. The Kier molecular flexibility index (Phi) is 5.99. The molecule has 0 aliphatic heterocycles. The van der Waals surface area contributed by atoms with E-state index >= 15 is 0 Å². The van der Waals surface area contributed by atoms with Crippen LogP contribution in [0.5, 0.6) is 5.75 Å². The van der Waals surface area contributed by atoms with Crippen LogP contribution in [0.15, 0.2) is 54.6 Å². The first-order valence-corrected chi connectivity index (χ1v) is 9.32. The van der Waals surface area contributed by atoms with Gasteiger partial charge < -0.3 is 10.1 Å². The minimum absolute atomic E-state index is 0.0532. The van der Waals surface area contributed by atoms with Crippen molar-refractivity contribution in [1.29, 1.82) is 5.41 Å². The second-order valence-electron chi connectivity index (χ2n) is 6.63. The highest BCUT2D eigenvalue weighted by Crippen LogP contribution is 2.17. The maximum absolute atomic E-state index is 12.8. The van der Waals surface area contributed by atoms with Crippen LogP contribution in [0, 0.1) is 18.3 Å². The average molecular weight is 376 g/mol. The van der Waals surface area contributed by atoms with Crippen molar-refractivity contribution >= 4 is 11.6 Å². The quantitative estimate of drug-likeness (QED) is 0.627. The Labute approximate surface area is 164 Å². The van der Waals surface area contributed by atoms with Gasteiger partial charge in [0.1, 0.15) is 18.2 Å². The van der Waals surface area contributed by atoms with E-state index in [1.54, 1.807) is 13.8 Å². The SMILES string of the molecule is CCc1ccc(OCC(=N)C(C)C(=O)n2nc(-c3ccccc3)nc2C)cc1. The van der Waals surface area contributed by atoms with Crippen LogP contribution in [0.2, 0.25) is 0 Å². The lowest BCUT2D eigenvalue weighted by atomic mass is 10.1. The van der Waals surface area contributed by atoms with Crippen LogP contribution in [0.1, 0.15) is 30.0 Å². The monoisotopic (exact) mass is 376 g/mol. The number of carbonyl (C=O) groups is 1. The van der Waals surface area contributed by atoms with E-state index in [0.717, 1.165) is 12.0 Å². The van der Waals surface area contributed by atoms with E-state index in [-0.39, 0.29) is 18.2 Å². The van der Waals surface area contributed by atoms with Crippen molar-refractivity contribution < 1.29 is 9.53 Å². The smallest absolute Gasteiger partial charge is 0.257 e. The van der Waals surface area contributed by atoms with Crippen molar-refractivity contribution in [3.63, 3.8) is 0 Å². The molecule has 1 aromatic heterocycles. The summed E-state index contributed by atoms with van der Waals surface area (Å²) < 4.78 is 6.93. The molecular formula is C22H24N4O2. The highest BCUT2D eigenvalue weighted by molar-refractivity contribution is 6.03. The van der Waals surface area contributed by atoms with Crippen molar-refractivity contribution in [2.75, 3.05) is 6.61 Å². The van der Waals surface area contributed by atoms with Gasteiger partial charge in [-0.05, 0) is 38.0 Å². The van der Waals surface area contributed by atoms with Gasteiger partial charge in [0.2, 0.25) is 0 Å². The molecule has 0 fully saturated rings. The predicted octanol–water partition coefficient (Wildman–Crippen LogP) is 4.19. The van der Waals surface area contributed by atoms with Crippen molar-refractivity contribution in [3.8, 4) is 17.1 Å². The van der Waals surface area contributed by atoms with E-state index in [1.165, 1.54) is 10.2 Å². The number of carbonyl (C=O) groups excluding carboxylic acids is 1. The third kappa shape index (κ3) is 4.34. The minimum atomic E-state index is -0.654. The first-order chi connectivity index (χ1) is 13.5. The molecular weight excluding hydrogens is 352 g/mol. The molecule has 0 bridgehead atoms. The van der Waals surface area contributed by atoms with Crippen LogP contribution < -0.4 is 4.74 Å². The molecule has 3 rings (SSSR count). The molecule has 28 heavy (non-hydrogen) atoms.